The Labute approximate surface area is 93.8 Å². The van der Waals surface area contributed by atoms with E-state index in [1.807, 2.05) is 13.8 Å². The lowest BCUT2D eigenvalue weighted by Crippen LogP contribution is -2.04. The van der Waals surface area contributed by atoms with Gasteiger partial charge in [-0.05, 0) is 19.4 Å². The molecule has 2 N–H and O–H groups in total. The lowest BCUT2D eigenvalue weighted by molar-refractivity contribution is 0.818. The summed E-state index contributed by atoms with van der Waals surface area (Å²) in [5.41, 5.74) is 9.16. The maximum absolute atomic E-state index is 5.79. The first-order valence-corrected chi connectivity index (χ1v) is 5.83. The number of nitrogens with zero attached hydrogens (tertiary/aromatic N) is 1. The third-order valence-electron chi connectivity index (χ3n) is 2.35. The van der Waals surface area contributed by atoms with Crippen molar-refractivity contribution in [2.45, 2.75) is 19.9 Å². The van der Waals surface area contributed by atoms with Crippen LogP contribution < -0.4 is 5.73 Å². The topological polar surface area (TPSA) is 38.9 Å². The molecule has 2 nitrogen and oxygen atoms in total. The fraction of sp³-hybridized carbons (Fsp3) is 0.250. The van der Waals surface area contributed by atoms with E-state index in [0.717, 1.165) is 21.8 Å². The maximum Gasteiger partial charge on any atom is 0.0901 e. The van der Waals surface area contributed by atoms with Crippen LogP contribution in [-0.4, -0.2) is 4.98 Å². The molecule has 0 bridgehead atoms. The van der Waals surface area contributed by atoms with E-state index >= 15 is 0 Å². The Balaban J connectivity index is 2.31. The van der Waals surface area contributed by atoms with Gasteiger partial charge in [-0.3, -0.25) is 0 Å². The predicted molar refractivity (Wildman–Crippen MR) is 64.9 cm³/mol. The van der Waals surface area contributed by atoms with Gasteiger partial charge in [0.15, 0.2) is 0 Å². The number of aromatic nitrogens is 1. The number of hydrogen-bond acceptors (Lipinski definition) is 3. The van der Waals surface area contributed by atoms with Crippen LogP contribution in [0.1, 0.15) is 23.5 Å². The number of hydrogen-bond donors (Lipinski definition) is 1. The Morgan fingerprint density at radius 1 is 1.27 bits per heavy atom. The molecule has 0 aliphatic rings. The number of thiazole rings is 1. The van der Waals surface area contributed by atoms with Crippen molar-refractivity contribution in [3.05, 3.63) is 40.2 Å². The van der Waals surface area contributed by atoms with Gasteiger partial charge >= 0.3 is 0 Å². The average molecular weight is 218 g/mol. The molecule has 1 unspecified atom stereocenters. The summed E-state index contributed by atoms with van der Waals surface area (Å²) in [6, 6.07) is 8.38. The first kappa shape index (κ1) is 10.3. The monoisotopic (exact) mass is 218 g/mol. The lowest BCUT2D eigenvalue weighted by Gasteiger charge is -2.05. The van der Waals surface area contributed by atoms with E-state index in [1.54, 1.807) is 11.3 Å². The molecule has 3 heteroatoms. The van der Waals surface area contributed by atoms with Gasteiger partial charge in [0.25, 0.3) is 0 Å². The molecule has 15 heavy (non-hydrogen) atoms. The van der Waals surface area contributed by atoms with Crippen LogP contribution >= 0.6 is 11.3 Å². The predicted octanol–water partition coefficient (Wildman–Crippen LogP) is 3.14. The van der Waals surface area contributed by atoms with Crippen LogP contribution in [0.15, 0.2) is 29.6 Å². The summed E-state index contributed by atoms with van der Waals surface area (Å²) in [7, 11) is 0. The number of benzene rings is 1. The van der Waals surface area contributed by atoms with Crippen molar-refractivity contribution < 1.29 is 0 Å². The van der Waals surface area contributed by atoms with Gasteiger partial charge in [-0.2, -0.15) is 0 Å². The van der Waals surface area contributed by atoms with Gasteiger partial charge < -0.3 is 5.73 Å². The zero-order valence-corrected chi connectivity index (χ0v) is 9.71. The molecule has 0 aliphatic heterocycles. The highest BCUT2D eigenvalue weighted by molar-refractivity contribution is 7.09. The minimum Gasteiger partial charge on any atom is -0.324 e. The molecule has 2 aromatic rings. The fourth-order valence-corrected chi connectivity index (χ4v) is 2.08. The molecule has 0 aliphatic carbocycles. The highest BCUT2D eigenvalue weighted by Gasteiger charge is 2.03. The van der Waals surface area contributed by atoms with Gasteiger partial charge in [0, 0.05) is 17.0 Å². The smallest absolute Gasteiger partial charge is 0.0901 e. The van der Waals surface area contributed by atoms with Crippen molar-refractivity contribution in [1.82, 2.24) is 4.98 Å². The zero-order valence-electron chi connectivity index (χ0n) is 8.90. The zero-order chi connectivity index (χ0) is 10.8. The third-order valence-corrected chi connectivity index (χ3v) is 3.12. The van der Waals surface area contributed by atoms with Crippen LogP contribution in [0.3, 0.4) is 0 Å². The highest BCUT2D eigenvalue weighted by atomic mass is 32.1. The molecule has 0 saturated carbocycles. The fourth-order valence-electron chi connectivity index (χ4n) is 1.45. The van der Waals surface area contributed by atoms with E-state index in [1.165, 1.54) is 0 Å². The van der Waals surface area contributed by atoms with Crippen molar-refractivity contribution >= 4 is 11.3 Å². The van der Waals surface area contributed by atoms with Gasteiger partial charge in [-0.25, -0.2) is 4.98 Å². The second-order valence-electron chi connectivity index (χ2n) is 3.66. The molecule has 0 radical (unpaired) electrons. The second-order valence-corrected chi connectivity index (χ2v) is 4.72. The van der Waals surface area contributed by atoms with Crippen molar-refractivity contribution in [3.63, 3.8) is 0 Å². The minimum absolute atomic E-state index is 0.0937. The summed E-state index contributed by atoms with van der Waals surface area (Å²) >= 11 is 1.67. The van der Waals surface area contributed by atoms with Crippen LogP contribution in [-0.2, 0) is 0 Å². The van der Waals surface area contributed by atoms with E-state index < -0.39 is 0 Å². The molecule has 1 atom stereocenters. The molecule has 1 aromatic heterocycles. The summed E-state index contributed by atoms with van der Waals surface area (Å²) in [6.45, 7) is 4.01. The molecule has 78 valence electrons. The normalized spacial score (nSPS) is 12.7. The van der Waals surface area contributed by atoms with Crippen molar-refractivity contribution in [2.24, 2.45) is 5.73 Å². The number of rotatable bonds is 2. The van der Waals surface area contributed by atoms with Crippen LogP contribution in [0.4, 0.5) is 0 Å². The summed E-state index contributed by atoms with van der Waals surface area (Å²) in [4.78, 5) is 4.44. The van der Waals surface area contributed by atoms with E-state index in [9.17, 15) is 0 Å². The first-order valence-electron chi connectivity index (χ1n) is 4.95. The quantitative estimate of drug-likeness (QED) is 0.841. The van der Waals surface area contributed by atoms with Crippen LogP contribution in [0.25, 0.3) is 11.3 Å². The Kier molecular flexibility index (Phi) is 2.84. The van der Waals surface area contributed by atoms with Crippen molar-refractivity contribution in [3.8, 4) is 11.3 Å². The Morgan fingerprint density at radius 2 is 1.93 bits per heavy atom. The molecule has 1 aromatic carbocycles. The maximum atomic E-state index is 5.79. The Bertz CT molecular complexity index is 443. The van der Waals surface area contributed by atoms with Crippen molar-refractivity contribution in [1.29, 1.82) is 0 Å². The van der Waals surface area contributed by atoms with Gasteiger partial charge in [0.2, 0.25) is 0 Å². The molecule has 0 spiro atoms. The molecule has 0 amide bonds. The Morgan fingerprint density at radius 3 is 2.40 bits per heavy atom. The molecular formula is C12H14N2S. The van der Waals surface area contributed by atoms with Crippen LogP contribution in [0.2, 0.25) is 0 Å². The van der Waals surface area contributed by atoms with Gasteiger partial charge in [-0.1, -0.05) is 24.3 Å². The largest absolute Gasteiger partial charge is 0.324 e. The highest BCUT2D eigenvalue weighted by Crippen LogP contribution is 2.22. The second kappa shape index (κ2) is 4.13. The first-order chi connectivity index (χ1) is 7.16. The molecule has 1 heterocycles. The SMILES string of the molecule is Cc1nc(-c2ccc(C(C)N)cc2)cs1. The van der Waals surface area contributed by atoms with Gasteiger partial charge in [-0.15, -0.1) is 11.3 Å². The minimum atomic E-state index is 0.0937. The van der Waals surface area contributed by atoms with Crippen LogP contribution in [0, 0.1) is 6.92 Å². The van der Waals surface area contributed by atoms with E-state index in [4.69, 9.17) is 5.73 Å². The summed E-state index contributed by atoms with van der Waals surface area (Å²) in [6.07, 6.45) is 0. The van der Waals surface area contributed by atoms with Gasteiger partial charge in [0.05, 0.1) is 10.7 Å². The summed E-state index contributed by atoms with van der Waals surface area (Å²) < 4.78 is 0. The number of nitrogens with two attached hydrogens (primary N) is 1. The molecule has 2 rings (SSSR count). The summed E-state index contributed by atoms with van der Waals surface area (Å²) in [5.74, 6) is 0. The number of aryl methyl sites for hydroxylation is 1. The molecular weight excluding hydrogens is 204 g/mol. The lowest BCUT2D eigenvalue weighted by atomic mass is 10.1. The summed E-state index contributed by atoms with van der Waals surface area (Å²) in [5, 5.41) is 3.18. The Hall–Kier alpha value is -1.19. The van der Waals surface area contributed by atoms with E-state index in [-0.39, 0.29) is 6.04 Å². The van der Waals surface area contributed by atoms with Crippen molar-refractivity contribution in [2.75, 3.05) is 0 Å². The molecule has 0 fully saturated rings. The van der Waals surface area contributed by atoms with E-state index in [2.05, 4.69) is 34.6 Å². The molecule has 0 saturated heterocycles. The average Bonchev–Trinajstić information content (AvgIpc) is 2.65. The third kappa shape index (κ3) is 2.25. The van der Waals surface area contributed by atoms with Gasteiger partial charge in [0.1, 0.15) is 0 Å². The van der Waals surface area contributed by atoms with E-state index in [0.29, 0.717) is 0 Å². The van der Waals surface area contributed by atoms with Crippen LogP contribution in [0.5, 0.6) is 0 Å². The standard InChI is InChI=1S/C12H14N2S/c1-8(13)10-3-5-11(6-4-10)12-7-15-9(2)14-12/h3-8H,13H2,1-2H3.